The van der Waals surface area contributed by atoms with Crippen LogP contribution in [0.15, 0.2) is 0 Å². The molecule has 0 heterocycles. The van der Waals surface area contributed by atoms with Gasteiger partial charge in [-0.3, -0.25) is 4.79 Å². The molecule has 2 aliphatic carbocycles. The predicted octanol–water partition coefficient (Wildman–Crippen LogP) is 3.60. The van der Waals surface area contributed by atoms with Crippen molar-refractivity contribution in [1.82, 2.24) is 0 Å². The van der Waals surface area contributed by atoms with Crippen molar-refractivity contribution in [2.24, 2.45) is 5.92 Å². The fourth-order valence-electron chi connectivity index (χ4n) is 2.35. The first-order chi connectivity index (χ1) is 6.79. The maximum Gasteiger partial charge on any atom is 0.303 e. The molecule has 2 saturated carbocycles. The van der Waals surface area contributed by atoms with Gasteiger partial charge in [-0.05, 0) is 18.8 Å². The van der Waals surface area contributed by atoms with Crippen molar-refractivity contribution in [3.8, 4) is 0 Å². The van der Waals surface area contributed by atoms with E-state index >= 15 is 0 Å². The molecule has 0 aromatic rings. The molecule has 2 fully saturated rings. The molecule has 0 aromatic heterocycles. The summed E-state index contributed by atoms with van der Waals surface area (Å²) >= 11 is 0. The first-order valence-electron chi connectivity index (χ1n) is 6.01. The Balaban J connectivity index is 0.000000280. The number of rotatable bonds is 2. The largest absolute Gasteiger partial charge is 0.481 e. The molecule has 0 saturated heterocycles. The number of carbonyl (C=O) groups is 1. The van der Waals surface area contributed by atoms with Gasteiger partial charge in [0.1, 0.15) is 0 Å². The maximum atomic E-state index is 10.2. The van der Waals surface area contributed by atoms with Crippen LogP contribution in [0.4, 0.5) is 0 Å². The van der Waals surface area contributed by atoms with E-state index in [1.54, 1.807) is 0 Å². The topological polar surface area (TPSA) is 37.3 Å². The third kappa shape index (κ3) is 7.87. The number of hydrogen-bond donors (Lipinski definition) is 1. The Morgan fingerprint density at radius 3 is 1.67 bits per heavy atom. The Morgan fingerprint density at radius 1 is 0.933 bits per heavy atom. The maximum absolute atomic E-state index is 10.2. The molecule has 1 N–H and O–H groups in total. The Labute approximate surface area is 103 Å². The third-order valence-electron chi connectivity index (χ3n) is 3.19. The zero-order chi connectivity index (χ0) is 10.2. The van der Waals surface area contributed by atoms with Crippen LogP contribution < -0.4 is 0 Å². The fourth-order valence-corrected chi connectivity index (χ4v) is 2.35. The molecule has 90 valence electrons. The number of carboxylic acids is 1. The second-order valence-corrected chi connectivity index (χ2v) is 4.52. The van der Waals surface area contributed by atoms with E-state index in [1.165, 1.54) is 44.9 Å². The van der Waals surface area contributed by atoms with E-state index in [4.69, 9.17) is 5.11 Å². The van der Waals surface area contributed by atoms with Crippen molar-refractivity contribution in [3.05, 3.63) is 0 Å². The minimum atomic E-state index is -0.637. The Kier molecular flexibility index (Phi) is 9.23. The molecular weight excluding hydrogens is 232 g/mol. The van der Waals surface area contributed by atoms with Crippen LogP contribution in [-0.2, 0) is 21.9 Å². The zero-order valence-electron chi connectivity index (χ0n) is 9.36. The van der Waals surface area contributed by atoms with Crippen LogP contribution in [0.1, 0.15) is 64.2 Å². The average molecular weight is 254 g/mol. The average Bonchev–Trinajstić information content (AvgIpc) is 2.75. The molecule has 0 atom stereocenters. The van der Waals surface area contributed by atoms with Gasteiger partial charge < -0.3 is 5.11 Å². The van der Waals surface area contributed by atoms with Crippen LogP contribution >= 0.6 is 0 Å². The van der Waals surface area contributed by atoms with Gasteiger partial charge in [0.25, 0.3) is 0 Å². The summed E-state index contributed by atoms with van der Waals surface area (Å²) in [5.74, 6) is -0.149. The van der Waals surface area contributed by atoms with Gasteiger partial charge in [-0.25, -0.2) is 0 Å². The van der Waals surface area contributed by atoms with Gasteiger partial charge in [0.15, 0.2) is 0 Å². The third-order valence-corrected chi connectivity index (χ3v) is 3.19. The summed E-state index contributed by atoms with van der Waals surface area (Å²) in [7, 11) is 0. The van der Waals surface area contributed by atoms with Gasteiger partial charge in [-0.2, -0.15) is 0 Å². The molecule has 2 rings (SSSR count). The van der Waals surface area contributed by atoms with Crippen molar-refractivity contribution in [1.29, 1.82) is 0 Å². The summed E-state index contributed by atoms with van der Waals surface area (Å²) in [6.45, 7) is 0. The number of hydrogen-bond acceptors (Lipinski definition) is 1. The van der Waals surface area contributed by atoms with Crippen molar-refractivity contribution in [3.63, 3.8) is 0 Å². The second-order valence-electron chi connectivity index (χ2n) is 4.52. The molecule has 15 heavy (non-hydrogen) atoms. The van der Waals surface area contributed by atoms with Gasteiger partial charge in [0, 0.05) is 23.5 Å². The molecular formula is C12H22FeO2. The van der Waals surface area contributed by atoms with Gasteiger partial charge in [0.2, 0.25) is 0 Å². The number of aliphatic carboxylic acids is 1. The van der Waals surface area contributed by atoms with Gasteiger partial charge in [-0.15, -0.1) is 0 Å². The predicted molar refractivity (Wildman–Crippen MR) is 57.3 cm³/mol. The summed E-state index contributed by atoms with van der Waals surface area (Å²) in [6.07, 6.45) is 12.6. The van der Waals surface area contributed by atoms with E-state index < -0.39 is 5.97 Å². The molecule has 0 aromatic carbocycles. The first kappa shape index (κ1) is 15.0. The van der Waals surface area contributed by atoms with Gasteiger partial charge >= 0.3 is 5.97 Å². The quantitative estimate of drug-likeness (QED) is 0.764. The fraction of sp³-hybridized carbons (Fsp3) is 0.917. The Bertz CT molecular complexity index is 153. The number of carboxylic acid groups (broad SMARTS) is 1. The van der Waals surface area contributed by atoms with Crippen LogP contribution in [0.25, 0.3) is 0 Å². The monoisotopic (exact) mass is 254 g/mol. The molecule has 0 aliphatic heterocycles. The van der Waals surface area contributed by atoms with Crippen LogP contribution in [0.5, 0.6) is 0 Å². The summed E-state index contributed by atoms with van der Waals surface area (Å²) in [5.41, 5.74) is 0. The smallest absolute Gasteiger partial charge is 0.303 e. The van der Waals surface area contributed by atoms with Crippen molar-refractivity contribution < 1.29 is 27.0 Å². The molecule has 2 aliphatic rings. The molecule has 0 bridgehead atoms. The first-order valence-corrected chi connectivity index (χ1v) is 6.01. The molecule has 2 nitrogen and oxygen atoms in total. The van der Waals surface area contributed by atoms with E-state index in [2.05, 4.69) is 0 Å². The zero-order valence-corrected chi connectivity index (χ0v) is 10.5. The van der Waals surface area contributed by atoms with E-state index in [9.17, 15) is 4.79 Å². The van der Waals surface area contributed by atoms with E-state index in [1.807, 2.05) is 0 Å². The van der Waals surface area contributed by atoms with E-state index in [0.29, 0.717) is 12.3 Å². The van der Waals surface area contributed by atoms with Crippen molar-refractivity contribution >= 4 is 5.97 Å². The SMILES string of the molecule is C1CCCC1.O=C(O)CC1CCCC1.[Fe]. The van der Waals surface area contributed by atoms with Crippen LogP contribution in [-0.4, -0.2) is 11.1 Å². The standard InChI is InChI=1S/C7H12O2.C5H10.Fe/c8-7(9)5-6-3-1-2-4-6;1-2-4-5-3-1;/h6H,1-5H2,(H,8,9);1-5H2;. The van der Waals surface area contributed by atoms with E-state index in [0.717, 1.165) is 12.8 Å². The summed E-state index contributed by atoms with van der Waals surface area (Å²) in [6, 6.07) is 0. The van der Waals surface area contributed by atoms with Crippen molar-refractivity contribution in [2.75, 3.05) is 0 Å². The molecule has 0 radical (unpaired) electrons. The van der Waals surface area contributed by atoms with Crippen molar-refractivity contribution in [2.45, 2.75) is 64.2 Å². The van der Waals surface area contributed by atoms with Crippen LogP contribution in [0, 0.1) is 5.92 Å². The van der Waals surface area contributed by atoms with Gasteiger partial charge in [-0.1, -0.05) is 44.9 Å². The summed E-state index contributed by atoms with van der Waals surface area (Å²) in [5, 5.41) is 8.37. The minimum absolute atomic E-state index is 0. The van der Waals surface area contributed by atoms with Crippen LogP contribution in [0.2, 0.25) is 0 Å². The Morgan fingerprint density at radius 2 is 1.33 bits per heavy atom. The molecule has 0 amide bonds. The molecule has 0 spiro atoms. The van der Waals surface area contributed by atoms with E-state index in [-0.39, 0.29) is 17.1 Å². The summed E-state index contributed by atoms with van der Waals surface area (Å²) < 4.78 is 0. The summed E-state index contributed by atoms with van der Waals surface area (Å²) in [4.78, 5) is 10.2. The Hall–Kier alpha value is -0.0105. The molecule has 0 unspecified atom stereocenters. The van der Waals surface area contributed by atoms with Crippen LogP contribution in [0.3, 0.4) is 0 Å². The van der Waals surface area contributed by atoms with Gasteiger partial charge in [0.05, 0.1) is 0 Å². The normalized spacial score (nSPS) is 20.3. The molecule has 3 heteroatoms. The minimum Gasteiger partial charge on any atom is -0.481 e. The second kappa shape index (κ2) is 9.23.